The highest BCUT2D eigenvalue weighted by Crippen LogP contribution is 2.36. The Labute approximate surface area is 122 Å². The lowest BCUT2D eigenvalue weighted by atomic mass is 9.82. The minimum atomic E-state index is -0.315. The van der Waals surface area contributed by atoms with Gasteiger partial charge in [0, 0.05) is 12.1 Å². The number of rotatable bonds is 2. The number of nitrogens with zero attached hydrogens (tertiary/aromatic N) is 1. The van der Waals surface area contributed by atoms with E-state index >= 15 is 0 Å². The van der Waals surface area contributed by atoms with E-state index in [1.54, 1.807) is 0 Å². The molecular formula is C18H27NO. The summed E-state index contributed by atoms with van der Waals surface area (Å²) in [5.41, 5.74) is 2.49. The first kappa shape index (κ1) is 14.1. The third-order valence-electron chi connectivity index (χ3n) is 5.53. The van der Waals surface area contributed by atoms with E-state index in [1.165, 1.54) is 31.2 Å². The normalized spacial score (nSPS) is 34.0. The molecule has 2 aliphatic rings. The zero-order chi connectivity index (χ0) is 14.1. The molecule has 2 nitrogen and oxygen atoms in total. The Hall–Kier alpha value is -0.860. The van der Waals surface area contributed by atoms with Crippen molar-refractivity contribution >= 4 is 0 Å². The molecule has 0 heterocycles. The van der Waals surface area contributed by atoms with Crippen LogP contribution in [0.4, 0.5) is 0 Å². The van der Waals surface area contributed by atoms with Crippen LogP contribution in [0.15, 0.2) is 24.3 Å². The zero-order valence-electron chi connectivity index (χ0n) is 12.8. The number of aliphatic hydroxyl groups excluding tert-OH is 1. The molecule has 1 saturated carbocycles. The smallest absolute Gasteiger partial charge is 0.0947 e. The molecule has 20 heavy (non-hydrogen) atoms. The van der Waals surface area contributed by atoms with Crippen LogP contribution in [-0.4, -0.2) is 29.1 Å². The van der Waals surface area contributed by atoms with Crippen molar-refractivity contribution < 1.29 is 5.11 Å². The SMILES string of the molecule is CC1CCC(N(C)C2CCc3ccccc3C2O)CC1. The molecular weight excluding hydrogens is 246 g/mol. The van der Waals surface area contributed by atoms with E-state index in [0.717, 1.165) is 24.3 Å². The van der Waals surface area contributed by atoms with Gasteiger partial charge in [-0.3, -0.25) is 4.90 Å². The zero-order valence-corrected chi connectivity index (χ0v) is 12.8. The van der Waals surface area contributed by atoms with E-state index < -0.39 is 0 Å². The minimum absolute atomic E-state index is 0.295. The molecule has 0 spiro atoms. The molecule has 1 aromatic carbocycles. The highest BCUT2D eigenvalue weighted by molar-refractivity contribution is 5.32. The van der Waals surface area contributed by atoms with Gasteiger partial charge in [-0.1, -0.05) is 31.2 Å². The van der Waals surface area contributed by atoms with Gasteiger partial charge >= 0.3 is 0 Å². The van der Waals surface area contributed by atoms with Gasteiger partial charge in [0.25, 0.3) is 0 Å². The third kappa shape index (κ3) is 2.64. The molecule has 0 bridgehead atoms. The Kier molecular flexibility index (Phi) is 4.13. The highest BCUT2D eigenvalue weighted by Gasteiger charge is 2.34. The van der Waals surface area contributed by atoms with Gasteiger partial charge in [-0.25, -0.2) is 0 Å². The van der Waals surface area contributed by atoms with Crippen LogP contribution in [0.5, 0.6) is 0 Å². The fraction of sp³-hybridized carbons (Fsp3) is 0.667. The van der Waals surface area contributed by atoms with E-state index in [-0.39, 0.29) is 6.10 Å². The predicted octanol–water partition coefficient (Wildman–Crippen LogP) is 3.55. The predicted molar refractivity (Wildman–Crippen MR) is 82.7 cm³/mol. The maximum Gasteiger partial charge on any atom is 0.0947 e. The van der Waals surface area contributed by atoms with Crippen LogP contribution >= 0.6 is 0 Å². The summed E-state index contributed by atoms with van der Waals surface area (Å²) in [5.74, 6) is 0.886. The Morgan fingerprint density at radius 3 is 2.50 bits per heavy atom. The molecule has 1 aromatic rings. The summed E-state index contributed by atoms with van der Waals surface area (Å²) in [6, 6.07) is 9.35. The molecule has 1 N–H and O–H groups in total. The fourth-order valence-electron chi connectivity index (χ4n) is 4.07. The van der Waals surface area contributed by atoms with Crippen LogP contribution in [-0.2, 0) is 6.42 Å². The van der Waals surface area contributed by atoms with Crippen molar-refractivity contribution in [3.05, 3.63) is 35.4 Å². The highest BCUT2D eigenvalue weighted by atomic mass is 16.3. The summed E-state index contributed by atoms with van der Waals surface area (Å²) < 4.78 is 0. The average Bonchev–Trinajstić information content (AvgIpc) is 2.48. The largest absolute Gasteiger partial charge is 0.387 e. The van der Waals surface area contributed by atoms with Gasteiger partial charge in [0.2, 0.25) is 0 Å². The van der Waals surface area contributed by atoms with Crippen molar-refractivity contribution in [3.63, 3.8) is 0 Å². The van der Waals surface area contributed by atoms with Crippen molar-refractivity contribution in [1.29, 1.82) is 0 Å². The Balaban J connectivity index is 1.72. The first-order chi connectivity index (χ1) is 9.66. The van der Waals surface area contributed by atoms with Crippen LogP contribution in [0.25, 0.3) is 0 Å². The molecule has 1 fully saturated rings. The van der Waals surface area contributed by atoms with Gasteiger partial charge in [-0.2, -0.15) is 0 Å². The second-order valence-corrected chi connectivity index (χ2v) is 6.83. The van der Waals surface area contributed by atoms with Crippen LogP contribution in [0, 0.1) is 5.92 Å². The van der Waals surface area contributed by atoms with Crippen LogP contribution < -0.4 is 0 Å². The van der Waals surface area contributed by atoms with Crippen molar-refractivity contribution in [2.45, 2.75) is 63.6 Å². The molecule has 0 aromatic heterocycles. The first-order valence-electron chi connectivity index (χ1n) is 8.14. The van der Waals surface area contributed by atoms with Crippen molar-refractivity contribution in [2.75, 3.05) is 7.05 Å². The van der Waals surface area contributed by atoms with E-state index in [2.05, 4.69) is 37.1 Å². The number of benzene rings is 1. The van der Waals surface area contributed by atoms with Gasteiger partial charge in [-0.15, -0.1) is 0 Å². The molecule has 110 valence electrons. The molecule has 0 amide bonds. The number of aryl methyl sites for hydroxylation is 1. The average molecular weight is 273 g/mol. The number of fused-ring (bicyclic) bond motifs is 1. The second kappa shape index (κ2) is 5.87. The molecule has 0 radical (unpaired) electrons. The Bertz CT molecular complexity index is 450. The molecule has 3 rings (SSSR count). The summed E-state index contributed by atoms with van der Waals surface area (Å²) in [6.07, 6.45) is 7.14. The van der Waals surface area contributed by atoms with Crippen LogP contribution in [0.3, 0.4) is 0 Å². The molecule has 2 unspecified atom stereocenters. The van der Waals surface area contributed by atoms with E-state index in [9.17, 15) is 5.11 Å². The van der Waals surface area contributed by atoms with Gasteiger partial charge in [0.15, 0.2) is 0 Å². The van der Waals surface area contributed by atoms with E-state index in [0.29, 0.717) is 12.1 Å². The summed E-state index contributed by atoms with van der Waals surface area (Å²) in [5, 5.41) is 10.7. The lowest BCUT2D eigenvalue weighted by Crippen LogP contribution is -2.46. The number of aliphatic hydroxyl groups is 1. The quantitative estimate of drug-likeness (QED) is 0.891. The number of likely N-dealkylation sites (N-methyl/N-ethyl adjacent to an activating group) is 1. The maximum atomic E-state index is 10.7. The molecule has 0 saturated heterocycles. The van der Waals surface area contributed by atoms with E-state index in [1.807, 2.05) is 6.07 Å². The lowest BCUT2D eigenvalue weighted by molar-refractivity contribution is 0.0155. The number of hydrogen-bond donors (Lipinski definition) is 1. The molecule has 2 atom stereocenters. The Morgan fingerprint density at radius 2 is 1.75 bits per heavy atom. The number of hydrogen-bond acceptors (Lipinski definition) is 2. The van der Waals surface area contributed by atoms with Gasteiger partial charge in [-0.05, 0) is 62.6 Å². The summed E-state index contributed by atoms with van der Waals surface area (Å²) in [4.78, 5) is 2.48. The first-order valence-corrected chi connectivity index (χ1v) is 8.14. The van der Waals surface area contributed by atoms with Crippen molar-refractivity contribution in [2.24, 2.45) is 5.92 Å². The van der Waals surface area contributed by atoms with Crippen molar-refractivity contribution in [1.82, 2.24) is 4.90 Å². The summed E-state index contributed by atoms with van der Waals surface area (Å²) in [6.45, 7) is 2.36. The topological polar surface area (TPSA) is 23.5 Å². The monoisotopic (exact) mass is 273 g/mol. The molecule has 2 aliphatic carbocycles. The van der Waals surface area contributed by atoms with E-state index in [4.69, 9.17) is 0 Å². The van der Waals surface area contributed by atoms with Gasteiger partial charge in [0.05, 0.1) is 6.10 Å². The fourth-order valence-corrected chi connectivity index (χ4v) is 4.07. The summed E-state index contributed by atoms with van der Waals surface area (Å²) in [7, 11) is 2.22. The van der Waals surface area contributed by atoms with Crippen LogP contribution in [0.1, 0.15) is 56.3 Å². The summed E-state index contributed by atoms with van der Waals surface area (Å²) >= 11 is 0. The lowest BCUT2D eigenvalue weighted by Gasteiger charge is -2.42. The molecule has 0 aliphatic heterocycles. The third-order valence-corrected chi connectivity index (χ3v) is 5.53. The van der Waals surface area contributed by atoms with Gasteiger partial charge < -0.3 is 5.11 Å². The molecule has 2 heteroatoms. The van der Waals surface area contributed by atoms with Crippen LogP contribution in [0.2, 0.25) is 0 Å². The maximum absolute atomic E-state index is 10.7. The van der Waals surface area contributed by atoms with Crippen molar-refractivity contribution in [3.8, 4) is 0 Å². The second-order valence-electron chi connectivity index (χ2n) is 6.83. The Morgan fingerprint density at radius 1 is 1.05 bits per heavy atom. The van der Waals surface area contributed by atoms with Gasteiger partial charge in [0.1, 0.15) is 0 Å². The minimum Gasteiger partial charge on any atom is -0.387 e. The standard InChI is InChI=1S/C18H27NO/c1-13-7-10-15(11-8-13)19(2)17-12-9-14-5-3-4-6-16(14)18(17)20/h3-6,13,15,17-18,20H,7-12H2,1-2H3.